The topological polar surface area (TPSA) is 63.9 Å². The van der Waals surface area contributed by atoms with Crippen LogP contribution < -0.4 is 14.8 Å². The molecule has 1 unspecified atom stereocenters. The Morgan fingerprint density at radius 3 is 2.78 bits per heavy atom. The van der Waals surface area contributed by atoms with E-state index in [9.17, 15) is 0 Å². The SMILES string of the molecule is CN=C(NCCc1ccc(OC)c(OC)c1)N1CCC(c2cnn(C)c2)C1. The fourth-order valence-electron chi connectivity index (χ4n) is 3.56. The van der Waals surface area contributed by atoms with Crippen molar-refractivity contribution < 1.29 is 9.47 Å². The second kappa shape index (κ2) is 8.79. The minimum absolute atomic E-state index is 0.517. The standard InChI is InChI=1S/C20H29N5O2/c1-21-20(25-10-8-16(14-25)17-12-23-24(2)13-17)22-9-7-15-5-6-18(26-3)19(11-15)27-4/h5-6,11-13,16H,7-10,14H2,1-4H3,(H,21,22). The van der Waals surface area contributed by atoms with Crippen molar-refractivity contribution >= 4 is 5.96 Å². The van der Waals surface area contributed by atoms with E-state index in [2.05, 4.69) is 32.6 Å². The van der Waals surface area contributed by atoms with E-state index in [1.807, 2.05) is 37.1 Å². The Balaban J connectivity index is 1.53. The lowest BCUT2D eigenvalue weighted by molar-refractivity contribution is 0.354. The van der Waals surface area contributed by atoms with Crippen LogP contribution in [-0.4, -0.2) is 61.5 Å². The summed E-state index contributed by atoms with van der Waals surface area (Å²) in [5, 5.41) is 7.78. The van der Waals surface area contributed by atoms with Gasteiger partial charge >= 0.3 is 0 Å². The van der Waals surface area contributed by atoms with E-state index in [1.165, 1.54) is 11.1 Å². The first-order valence-electron chi connectivity index (χ1n) is 9.29. The molecule has 0 radical (unpaired) electrons. The molecule has 1 saturated heterocycles. The van der Waals surface area contributed by atoms with Gasteiger partial charge in [-0.2, -0.15) is 5.10 Å². The summed E-state index contributed by atoms with van der Waals surface area (Å²) in [5.41, 5.74) is 2.51. The van der Waals surface area contributed by atoms with E-state index in [0.29, 0.717) is 5.92 Å². The zero-order valence-electron chi connectivity index (χ0n) is 16.6. The number of aryl methyl sites for hydroxylation is 1. The number of hydrogen-bond acceptors (Lipinski definition) is 4. The second-order valence-electron chi connectivity index (χ2n) is 6.79. The highest BCUT2D eigenvalue weighted by Crippen LogP contribution is 2.28. The molecule has 0 amide bonds. The number of nitrogens with one attached hydrogen (secondary N) is 1. The van der Waals surface area contributed by atoms with Gasteiger partial charge in [0.05, 0.1) is 20.4 Å². The van der Waals surface area contributed by atoms with Gasteiger partial charge < -0.3 is 19.7 Å². The Kier molecular flexibility index (Phi) is 6.21. The predicted molar refractivity (Wildman–Crippen MR) is 107 cm³/mol. The molecule has 1 N–H and O–H groups in total. The average Bonchev–Trinajstić information content (AvgIpc) is 3.34. The summed E-state index contributed by atoms with van der Waals surface area (Å²) in [6, 6.07) is 6.04. The Bertz CT molecular complexity index is 786. The Morgan fingerprint density at radius 1 is 1.30 bits per heavy atom. The number of guanidine groups is 1. The highest BCUT2D eigenvalue weighted by Gasteiger charge is 2.26. The lowest BCUT2D eigenvalue weighted by atomic mass is 10.0. The van der Waals surface area contributed by atoms with Crippen molar-refractivity contribution in [2.24, 2.45) is 12.0 Å². The van der Waals surface area contributed by atoms with Crippen LogP contribution in [-0.2, 0) is 13.5 Å². The molecule has 1 atom stereocenters. The number of aromatic nitrogens is 2. The highest BCUT2D eigenvalue weighted by molar-refractivity contribution is 5.80. The Morgan fingerprint density at radius 2 is 2.11 bits per heavy atom. The van der Waals surface area contributed by atoms with Crippen molar-refractivity contribution in [1.29, 1.82) is 0 Å². The lowest BCUT2D eigenvalue weighted by Gasteiger charge is -2.21. The monoisotopic (exact) mass is 371 g/mol. The molecule has 7 heteroatoms. The maximum Gasteiger partial charge on any atom is 0.193 e. The summed E-state index contributed by atoms with van der Waals surface area (Å²) in [6.07, 6.45) is 6.10. The Labute approximate surface area is 161 Å². The van der Waals surface area contributed by atoms with Gasteiger partial charge in [0.1, 0.15) is 0 Å². The molecule has 3 rings (SSSR count). The molecule has 1 aliphatic heterocycles. The van der Waals surface area contributed by atoms with Crippen LogP contribution in [0.15, 0.2) is 35.6 Å². The lowest BCUT2D eigenvalue weighted by Crippen LogP contribution is -2.40. The number of methoxy groups -OCH3 is 2. The number of likely N-dealkylation sites (tertiary alicyclic amines) is 1. The molecule has 7 nitrogen and oxygen atoms in total. The van der Waals surface area contributed by atoms with Gasteiger partial charge in [-0.05, 0) is 36.1 Å². The summed E-state index contributed by atoms with van der Waals surface area (Å²) in [6.45, 7) is 2.80. The molecular weight excluding hydrogens is 342 g/mol. The number of rotatable bonds is 6. The van der Waals surface area contributed by atoms with E-state index in [1.54, 1.807) is 14.2 Å². The summed E-state index contributed by atoms with van der Waals surface area (Å²) in [4.78, 5) is 6.79. The average molecular weight is 371 g/mol. The van der Waals surface area contributed by atoms with E-state index < -0.39 is 0 Å². The van der Waals surface area contributed by atoms with Crippen molar-refractivity contribution in [3.05, 3.63) is 41.7 Å². The first-order valence-corrected chi connectivity index (χ1v) is 9.29. The van der Waals surface area contributed by atoms with E-state index >= 15 is 0 Å². The first kappa shape index (κ1) is 19.1. The van der Waals surface area contributed by atoms with Crippen LogP contribution in [0.1, 0.15) is 23.5 Å². The predicted octanol–water partition coefficient (Wildman–Crippen LogP) is 2.04. The van der Waals surface area contributed by atoms with Crippen molar-refractivity contribution in [1.82, 2.24) is 20.0 Å². The summed E-state index contributed by atoms with van der Waals surface area (Å²) in [7, 11) is 7.12. The maximum absolute atomic E-state index is 5.38. The minimum atomic E-state index is 0.517. The molecular formula is C20H29N5O2. The van der Waals surface area contributed by atoms with Crippen LogP contribution in [0, 0.1) is 0 Å². The zero-order chi connectivity index (χ0) is 19.2. The van der Waals surface area contributed by atoms with Gasteiger partial charge in [-0.1, -0.05) is 6.07 Å². The van der Waals surface area contributed by atoms with Crippen LogP contribution in [0.4, 0.5) is 0 Å². The van der Waals surface area contributed by atoms with Gasteiger partial charge in [0, 0.05) is 45.8 Å². The number of nitrogens with zero attached hydrogens (tertiary/aromatic N) is 4. The molecule has 1 aliphatic rings. The third-order valence-corrected chi connectivity index (χ3v) is 5.04. The quantitative estimate of drug-likeness (QED) is 0.622. The third-order valence-electron chi connectivity index (χ3n) is 5.04. The number of aliphatic imine (C=N–C) groups is 1. The van der Waals surface area contributed by atoms with Crippen LogP contribution in [0.25, 0.3) is 0 Å². The normalized spacial score (nSPS) is 17.3. The highest BCUT2D eigenvalue weighted by atomic mass is 16.5. The molecule has 0 saturated carbocycles. The fraction of sp³-hybridized carbons (Fsp3) is 0.500. The smallest absolute Gasteiger partial charge is 0.193 e. The van der Waals surface area contributed by atoms with Crippen molar-refractivity contribution in [3.63, 3.8) is 0 Å². The van der Waals surface area contributed by atoms with Gasteiger partial charge in [-0.15, -0.1) is 0 Å². The fourth-order valence-corrected chi connectivity index (χ4v) is 3.56. The molecule has 2 aromatic rings. The molecule has 27 heavy (non-hydrogen) atoms. The van der Waals surface area contributed by atoms with Crippen molar-refractivity contribution in [3.8, 4) is 11.5 Å². The van der Waals surface area contributed by atoms with E-state index in [0.717, 1.165) is 49.9 Å². The van der Waals surface area contributed by atoms with Crippen molar-refractivity contribution in [2.45, 2.75) is 18.8 Å². The minimum Gasteiger partial charge on any atom is -0.493 e. The number of ether oxygens (including phenoxy) is 2. The second-order valence-corrected chi connectivity index (χ2v) is 6.79. The maximum atomic E-state index is 5.38. The van der Waals surface area contributed by atoms with Crippen LogP contribution >= 0.6 is 0 Å². The molecule has 1 aromatic heterocycles. The molecule has 0 aliphatic carbocycles. The first-order chi connectivity index (χ1) is 13.1. The van der Waals surface area contributed by atoms with E-state index in [4.69, 9.17) is 9.47 Å². The van der Waals surface area contributed by atoms with Crippen molar-refractivity contribution in [2.75, 3.05) is 40.9 Å². The van der Waals surface area contributed by atoms with Gasteiger partial charge in [-0.25, -0.2) is 0 Å². The molecule has 146 valence electrons. The third kappa shape index (κ3) is 4.53. The number of benzene rings is 1. The van der Waals surface area contributed by atoms with Crippen LogP contribution in [0.3, 0.4) is 0 Å². The van der Waals surface area contributed by atoms with Crippen LogP contribution in [0.5, 0.6) is 11.5 Å². The van der Waals surface area contributed by atoms with Crippen LogP contribution in [0.2, 0.25) is 0 Å². The van der Waals surface area contributed by atoms with Gasteiger partial charge in [0.2, 0.25) is 0 Å². The Hall–Kier alpha value is -2.70. The molecule has 2 heterocycles. The molecule has 0 bridgehead atoms. The van der Waals surface area contributed by atoms with E-state index in [-0.39, 0.29) is 0 Å². The summed E-state index contributed by atoms with van der Waals surface area (Å²) < 4.78 is 12.5. The van der Waals surface area contributed by atoms with Gasteiger partial charge in [-0.3, -0.25) is 9.67 Å². The molecule has 0 spiro atoms. The van der Waals surface area contributed by atoms with Gasteiger partial charge in [0.15, 0.2) is 17.5 Å². The largest absolute Gasteiger partial charge is 0.493 e. The number of hydrogen-bond donors (Lipinski definition) is 1. The summed E-state index contributed by atoms with van der Waals surface area (Å²) in [5.74, 6) is 2.99. The summed E-state index contributed by atoms with van der Waals surface area (Å²) >= 11 is 0. The van der Waals surface area contributed by atoms with Gasteiger partial charge in [0.25, 0.3) is 0 Å². The molecule has 1 fully saturated rings. The zero-order valence-corrected chi connectivity index (χ0v) is 16.6. The molecule has 1 aromatic carbocycles.